The lowest BCUT2D eigenvalue weighted by Crippen LogP contribution is -1.98. The van der Waals surface area contributed by atoms with Gasteiger partial charge in [-0.2, -0.15) is 0 Å². The third-order valence-corrected chi connectivity index (χ3v) is 4.64. The number of hydrogen-bond acceptors (Lipinski definition) is 4. The number of ketones is 1. The van der Waals surface area contributed by atoms with E-state index in [1.54, 1.807) is 0 Å². The molecule has 5 heteroatoms. The van der Waals surface area contributed by atoms with E-state index in [0.717, 1.165) is 13.3 Å². The number of thiophene rings is 1. The van der Waals surface area contributed by atoms with Gasteiger partial charge in [-0.25, -0.2) is 0 Å². The van der Waals surface area contributed by atoms with E-state index in [1.165, 1.54) is 11.3 Å². The van der Waals surface area contributed by atoms with E-state index in [4.69, 9.17) is 9.47 Å². The van der Waals surface area contributed by atoms with Gasteiger partial charge in [0.25, 0.3) is 0 Å². The molecule has 0 bridgehead atoms. The average Bonchev–Trinajstić information content (AvgIpc) is 3.10. The summed E-state index contributed by atoms with van der Waals surface area (Å²) in [7, 11) is 0. The molecule has 1 fully saturated rings. The Labute approximate surface area is 128 Å². The lowest BCUT2D eigenvalue weighted by atomic mass is 10.1. The zero-order chi connectivity index (χ0) is 13.2. The second kappa shape index (κ2) is 5.70. The van der Waals surface area contributed by atoms with Gasteiger partial charge in [-0.15, -0.1) is 11.3 Å². The van der Waals surface area contributed by atoms with Crippen LogP contribution in [-0.2, 0) is 9.47 Å². The van der Waals surface area contributed by atoms with Crippen molar-refractivity contribution in [1.82, 2.24) is 0 Å². The van der Waals surface area contributed by atoms with E-state index in [9.17, 15) is 4.79 Å². The van der Waals surface area contributed by atoms with Crippen molar-refractivity contribution in [3.05, 3.63) is 55.3 Å². The molecule has 19 heavy (non-hydrogen) atoms. The van der Waals surface area contributed by atoms with Crippen LogP contribution in [0.2, 0.25) is 0 Å². The molecule has 0 atom stereocenters. The van der Waals surface area contributed by atoms with Gasteiger partial charge in [-0.3, -0.25) is 4.79 Å². The summed E-state index contributed by atoms with van der Waals surface area (Å²) in [4.78, 5) is 14.0. The molecule has 1 aliphatic rings. The normalized spacial score (nSPS) is 15.8. The van der Waals surface area contributed by atoms with Crippen molar-refractivity contribution in [2.75, 3.05) is 13.2 Å². The summed E-state index contributed by atoms with van der Waals surface area (Å²) in [5.74, 6) is 0.0469. The molecule has 0 unspecified atom stereocenters. The fourth-order valence-corrected chi connectivity index (χ4v) is 3.20. The number of benzene rings is 1. The van der Waals surface area contributed by atoms with E-state index >= 15 is 0 Å². The SMILES string of the molecule is O=C(c1ccc(I)cc1)c1ccc(C2OCCO2)s1. The summed E-state index contributed by atoms with van der Waals surface area (Å²) < 4.78 is 12.0. The largest absolute Gasteiger partial charge is 0.345 e. The van der Waals surface area contributed by atoms with Crippen molar-refractivity contribution >= 4 is 39.7 Å². The lowest BCUT2D eigenvalue weighted by molar-refractivity contribution is -0.0413. The first kappa shape index (κ1) is 13.2. The van der Waals surface area contributed by atoms with Gasteiger partial charge in [0.05, 0.1) is 23.0 Å². The summed E-state index contributed by atoms with van der Waals surface area (Å²) in [5, 5.41) is 0. The fourth-order valence-electron chi connectivity index (χ4n) is 1.87. The number of carbonyl (C=O) groups is 1. The summed E-state index contributed by atoms with van der Waals surface area (Å²) in [6, 6.07) is 11.3. The van der Waals surface area contributed by atoms with Crippen LogP contribution in [0.15, 0.2) is 36.4 Å². The van der Waals surface area contributed by atoms with Gasteiger partial charge < -0.3 is 9.47 Å². The highest BCUT2D eigenvalue weighted by Gasteiger charge is 2.21. The second-order valence-electron chi connectivity index (χ2n) is 4.11. The lowest BCUT2D eigenvalue weighted by Gasteiger charge is -2.04. The Bertz CT molecular complexity index is 585. The maximum Gasteiger partial charge on any atom is 0.202 e. The zero-order valence-electron chi connectivity index (χ0n) is 9.97. The van der Waals surface area contributed by atoms with Crippen molar-refractivity contribution in [2.24, 2.45) is 0 Å². The molecule has 0 N–H and O–H groups in total. The van der Waals surface area contributed by atoms with Gasteiger partial charge in [-0.1, -0.05) is 0 Å². The van der Waals surface area contributed by atoms with E-state index < -0.39 is 0 Å². The molecule has 0 spiro atoms. The predicted molar refractivity (Wildman–Crippen MR) is 81.6 cm³/mol. The van der Waals surface area contributed by atoms with Crippen molar-refractivity contribution in [3.8, 4) is 0 Å². The van der Waals surface area contributed by atoms with E-state index in [-0.39, 0.29) is 12.1 Å². The van der Waals surface area contributed by atoms with Crippen LogP contribution in [0.25, 0.3) is 0 Å². The smallest absolute Gasteiger partial charge is 0.202 e. The van der Waals surface area contributed by atoms with Gasteiger partial charge in [0, 0.05) is 9.13 Å². The first-order valence-corrected chi connectivity index (χ1v) is 7.77. The molecular formula is C14H11IO3S. The molecule has 98 valence electrons. The number of ether oxygens (including phenoxy) is 2. The molecule has 3 rings (SSSR count). The number of carbonyl (C=O) groups excluding carboxylic acids is 1. The monoisotopic (exact) mass is 386 g/mol. The molecule has 0 saturated carbocycles. The maximum absolute atomic E-state index is 12.3. The van der Waals surface area contributed by atoms with Crippen LogP contribution >= 0.6 is 33.9 Å². The summed E-state index contributed by atoms with van der Waals surface area (Å²) in [6.45, 7) is 1.23. The number of halogens is 1. The molecule has 0 aliphatic carbocycles. The third-order valence-electron chi connectivity index (χ3n) is 2.81. The van der Waals surface area contributed by atoms with Crippen LogP contribution in [0, 0.1) is 3.57 Å². The van der Waals surface area contributed by atoms with Crippen molar-refractivity contribution < 1.29 is 14.3 Å². The Hall–Kier alpha value is -0.760. The van der Waals surface area contributed by atoms with E-state index in [0.29, 0.717) is 18.8 Å². The van der Waals surface area contributed by atoms with Crippen molar-refractivity contribution in [2.45, 2.75) is 6.29 Å². The van der Waals surface area contributed by atoms with Gasteiger partial charge in [-0.05, 0) is 59.0 Å². The number of rotatable bonds is 3. The molecular weight excluding hydrogens is 375 g/mol. The van der Waals surface area contributed by atoms with Crippen molar-refractivity contribution in [1.29, 1.82) is 0 Å². The molecule has 0 amide bonds. The summed E-state index contributed by atoms with van der Waals surface area (Å²) >= 11 is 3.66. The molecule has 0 radical (unpaired) electrons. The summed E-state index contributed by atoms with van der Waals surface area (Å²) in [5.41, 5.74) is 0.710. The third kappa shape index (κ3) is 2.89. The van der Waals surface area contributed by atoms with Crippen LogP contribution in [0.1, 0.15) is 26.4 Å². The zero-order valence-corrected chi connectivity index (χ0v) is 12.9. The van der Waals surface area contributed by atoms with E-state index in [1.807, 2.05) is 36.4 Å². The standard InChI is InChI=1S/C14H11IO3S/c15-10-3-1-9(2-4-10)13(16)11-5-6-12(19-11)14-17-7-8-18-14/h1-6,14H,7-8H2. The van der Waals surface area contributed by atoms with Gasteiger partial charge in [0.2, 0.25) is 5.78 Å². The maximum atomic E-state index is 12.3. The minimum atomic E-state index is -0.303. The minimum absolute atomic E-state index is 0.0469. The number of hydrogen-bond donors (Lipinski definition) is 0. The summed E-state index contributed by atoms with van der Waals surface area (Å²) in [6.07, 6.45) is -0.303. The first-order valence-electron chi connectivity index (χ1n) is 5.87. The van der Waals surface area contributed by atoms with Gasteiger partial charge in [0.1, 0.15) is 0 Å². The quantitative estimate of drug-likeness (QED) is 0.597. The Kier molecular flexibility index (Phi) is 3.97. The van der Waals surface area contributed by atoms with Crippen molar-refractivity contribution in [3.63, 3.8) is 0 Å². The van der Waals surface area contributed by atoms with Gasteiger partial charge >= 0.3 is 0 Å². The van der Waals surface area contributed by atoms with Gasteiger partial charge in [0.15, 0.2) is 6.29 Å². The Morgan fingerprint density at radius 3 is 2.47 bits per heavy atom. The Morgan fingerprint density at radius 2 is 1.79 bits per heavy atom. The molecule has 1 aliphatic heterocycles. The van der Waals surface area contributed by atoms with E-state index in [2.05, 4.69) is 22.6 Å². The highest BCUT2D eigenvalue weighted by Crippen LogP contribution is 2.30. The van der Waals surface area contributed by atoms with Crippen LogP contribution in [-0.4, -0.2) is 19.0 Å². The molecule has 2 heterocycles. The predicted octanol–water partition coefficient (Wildman–Crippen LogP) is 3.63. The molecule has 1 aromatic carbocycles. The van der Waals surface area contributed by atoms with Crippen LogP contribution in [0.3, 0.4) is 0 Å². The highest BCUT2D eigenvalue weighted by atomic mass is 127. The molecule has 2 aromatic rings. The molecule has 1 aromatic heterocycles. The minimum Gasteiger partial charge on any atom is -0.345 e. The first-order chi connectivity index (χ1) is 9.24. The van der Waals surface area contributed by atoms with Crippen LogP contribution in [0.5, 0.6) is 0 Å². The highest BCUT2D eigenvalue weighted by molar-refractivity contribution is 14.1. The average molecular weight is 386 g/mol. The topological polar surface area (TPSA) is 35.5 Å². The molecule has 3 nitrogen and oxygen atoms in total. The van der Waals surface area contributed by atoms with Crippen LogP contribution in [0.4, 0.5) is 0 Å². The Balaban J connectivity index is 1.82. The second-order valence-corrected chi connectivity index (χ2v) is 6.47. The Morgan fingerprint density at radius 1 is 1.11 bits per heavy atom. The van der Waals surface area contributed by atoms with Crippen LogP contribution < -0.4 is 0 Å². The fraction of sp³-hybridized carbons (Fsp3) is 0.214. The molecule has 1 saturated heterocycles.